The molecule has 0 saturated heterocycles. The Morgan fingerprint density at radius 2 is 1.93 bits per heavy atom. The molecule has 7 nitrogen and oxygen atoms in total. The van der Waals surface area contributed by atoms with E-state index in [1.807, 2.05) is 35.8 Å². The molecule has 2 N–H and O–H groups in total. The average Bonchev–Trinajstić information content (AvgIpc) is 3.28. The van der Waals surface area contributed by atoms with Crippen molar-refractivity contribution >= 4 is 11.8 Å². The van der Waals surface area contributed by atoms with Gasteiger partial charge in [0.15, 0.2) is 0 Å². The molecule has 0 aliphatic heterocycles. The molecule has 0 fully saturated rings. The molecule has 0 radical (unpaired) electrons. The average molecular weight is 390 g/mol. The van der Waals surface area contributed by atoms with Crippen LogP contribution in [-0.4, -0.2) is 39.5 Å². The van der Waals surface area contributed by atoms with Crippen molar-refractivity contribution in [1.82, 2.24) is 24.7 Å². The first-order valence-electron chi connectivity index (χ1n) is 9.72. The van der Waals surface area contributed by atoms with Crippen LogP contribution in [0.3, 0.4) is 0 Å². The molecule has 0 saturated carbocycles. The van der Waals surface area contributed by atoms with Crippen molar-refractivity contribution < 1.29 is 4.42 Å². The molecule has 1 aromatic carbocycles. The highest BCUT2D eigenvalue weighted by Gasteiger charge is 2.21. The lowest BCUT2D eigenvalue weighted by Crippen LogP contribution is -2.33. The minimum atomic E-state index is 0.0782. The summed E-state index contributed by atoms with van der Waals surface area (Å²) in [4.78, 5) is 13.9. The molecular formula is C22H26N6O. The zero-order valence-electron chi connectivity index (χ0n) is 17.2. The summed E-state index contributed by atoms with van der Waals surface area (Å²) >= 11 is 0. The SMILES string of the molecule is CNCC(C)(C)CNc1nccc(-c2c(-c3ccccc3C)nc3occn23)n1. The zero-order valence-corrected chi connectivity index (χ0v) is 17.2. The Balaban J connectivity index is 1.75. The van der Waals surface area contributed by atoms with Gasteiger partial charge in [0.05, 0.1) is 5.69 Å². The smallest absolute Gasteiger partial charge is 0.306 e. The third-order valence-corrected chi connectivity index (χ3v) is 4.94. The molecular weight excluding hydrogens is 364 g/mol. The minimum Gasteiger partial charge on any atom is -0.432 e. The summed E-state index contributed by atoms with van der Waals surface area (Å²) in [5.74, 6) is 1.14. The highest BCUT2D eigenvalue weighted by atomic mass is 16.3. The van der Waals surface area contributed by atoms with E-state index in [4.69, 9.17) is 14.4 Å². The Kier molecular flexibility index (Phi) is 5.07. The van der Waals surface area contributed by atoms with E-state index in [2.05, 4.69) is 48.5 Å². The van der Waals surface area contributed by atoms with Gasteiger partial charge in [0, 0.05) is 31.0 Å². The lowest BCUT2D eigenvalue weighted by atomic mass is 9.94. The topological polar surface area (TPSA) is 80.3 Å². The Morgan fingerprint density at radius 1 is 1.10 bits per heavy atom. The molecule has 0 spiro atoms. The number of nitrogens with one attached hydrogen (secondary N) is 2. The number of nitrogens with zero attached hydrogens (tertiary/aromatic N) is 4. The first-order valence-corrected chi connectivity index (χ1v) is 9.72. The predicted octanol–water partition coefficient (Wildman–Crippen LogP) is 4.02. The standard InChI is InChI=1S/C22H26N6O/c1-15-7-5-6-8-16(15)18-19(28-11-12-29-21(28)27-18)17-9-10-24-20(26-17)25-14-22(2,3)13-23-4/h5-12,23H,13-14H2,1-4H3,(H,24,25,26). The van der Waals surface area contributed by atoms with Gasteiger partial charge in [-0.1, -0.05) is 38.1 Å². The lowest BCUT2D eigenvalue weighted by Gasteiger charge is -2.24. The number of rotatable bonds is 7. The van der Waals surface area contributed by atoms with E-state index in [0.29, 0.717) is 11.8 Å². The highest BCUT2D eigenvalue weighted by Crippen LogP contribution is 2.34. The van der Waals surface area contributed by atoms with Crippen LogP contribution in [0.4, 0.5) is 5.95 Å². The van der Waals surface area contributed by atoms with Crippen molar-refractivity contribution in [3.05, 3.63) is 54.6 Å². The Bertz CT molecular complexity index is 1130. The Morgan fingerprint density at radius 3 is 2.72 bits per heavy atom. The maximum Gasteiger partial charge on any atom is 0.306 e. The molecule has 0 atom stereocenters. The van der Waals surface area contributed by atoms with E-state index >= 15 is 0 Å². The minimum absolute atomic E-state index is 0.0782. The summed E-state index contributed by atoms with van der Waals surface area (Å²) in [6.45, 7) is 8.13. The first-order chi connectivity index (χ1) is 14.0. The van der Waals surface area contributed by atoms with Crippen LogP contribution in [-0.2, 0) is 0 Å². The molecule has 0 unspecified atom stereocenters. The van der Waals surface area contributed by atoms with Crippen LogP contribution in [0, 0.1) is 12.3 Å². The second-order valence-corrected chi connectivity index (χ2v) is 7.99. The van der Waals surface area contributed by atoms with Crippen molar-refractivity contribution in [3.8, 4) is 22.6 Å². The quantitative estimate of drug-likeness (QED) is 0.496. The van der Waals surface area contributed by atoms with Crippen molar-refractivity contribution in [2.75, 3.05) is 25.5 Å². The maximum atomic E-state index is 5.56. The highest BCUT2D eigenvalue weighted by molar-refractivity contribution is 5.81. The molecule has 29 heavy (non-hydrogen) atoms. The van der Waals surface area contributed by atoms with E-state index in [-0.39, 0.29) is 5.41 Å². The molecule has 3 heterocycles. The van der Waals surface area contributed by atoms with Crippen LogP contribution in [0.5, 0.6) is 0 Å². The zero-order chi connectivity index (χ0) is 20.4. The summed E-state index contributed by atoms with van der Waals surface area (Å²) in [5.41, 5.74) is 4.82. The fraction of sp³-hybridized carbons (Fsp3) is 0.318. The number of benzene rings is 1. The molecule has 0 aliphatic rings. The maximum absolute atomic E-state index is 5.56. The largest absolute Gasteiger partial charge is 0.432 e. The fourth-order valence-electron chi connectivity index (χ4n) is 3.49. The van der Waals surface area contributed by atoms with Gasteiger partial charge in [-0.05, 0) is 31.0 Å². The fourth-order valence-corrected chi connectivity index (χ4v) is 3.49. The van der Waals surface area contributed by atoms with E-state index in [1.54, 1.807) is 12.5 Å². The number of hydrogen-bond acceptors (Lipinski definition) is 6. The normalized spacial score (nSPS) is 11.9. The van der Waals surface area contributed by atoms with Crippen molar-refractivity contribution in [2.45, 2.75) is 20.8 Å². The molecule has 4 aromatic rings. The van der Waals surface area contributed by atoms with Crippen molar-refractivity contribution in [3.63, 3.8) is 0 Å². The second kappa shape index (κ2) is 7.67. The number of hydrogen-bond donors (Lipinski definition) is 2. The van der Waals surface area contributed by atoms with E-state index in [1.165, 1.54) is 0 Å². The summed E-state index contributed by atoms with van der Waals surface area (Å²) < 4.78 is 7.49. The summed E-state index contributed by atoms with van der Waals surface area (Å²) in [7, 11) is 1.96. The van der Waals surface area contributed by atoms with Gasteiger partial charge in [-0.15, -0.1) is 0 Å². The summed E-state index contributed by atoms with van der Waals surface area (Å²) in [6, 6.07) is 10.1. The van der Waals surface area contributed by atoms with Gasteiger partial charge in [0.25, 0.3) is 0 Å². The molecule has 7 heteroatoms. The third-order valence-electron chi connectivity index (χ3n) is 4.94. The number of imidazole rings is 1. The summed E-state index contributed by atoms with van der Waals surface area (Å²) in [6.07, 6.45) is 5.27. The molecule has 0 aliphatic carbocycles. The summed E-state index contributed by atoms with van der Waals surface area (Å²) in [5, 5.41) is 6.59. The van der Waals surface area contributed by atoms with E-state index in [0.717, 1.165) is 41.3 Å². The van der Waals surface area contributed by atoms with Gasteiger partial charge in [0.1, 0.15) is 17.7 Å². The molecule has 4 rings (SSSR count). The lowest BCUT2D eigenvalue weighted by molar-refractivity contribution is 0.375. The van der Waals surface area contributed by atoms with Crippen molar-refractivity contribution in [2.24, 2.45) is 5.41 Å². The van der Waals surface area contributed by atoms with Crippen molar-refractivity contribution in [1.29, 1.82) is 0 Å². The first kappa shape index (κ1) is 19.1. The Hall–Kier alpha value is -3.19. The van der Waals surface area contributed by atoms with E-state index < -0.39 is 0 Å². The van der Waals surface area contributed by atoms with Crippen LogP contribution >= 0.6 is 0 Å². The predicted molar refractivity (Wildman–Crippen MR) is 115 cm³/mol. The van der Waals surface area contributed by atoms with Crippen LogP contribution in [0.2, 0.25) is 0 Å². The third kappa shape index (κ3) is 3.86. The van der Waals surface area contributed by atoms with E-state index in [9.17, 15) is 0 Å². The van der Waals surface area contributed by atoms with Gasteiger partial charge < -0.3 is 15.1 Å². The van der Waals surface area contributed by atoms with Gasteiger partial charge >= 0.3 is 5.84 Å². The number of oxazole rings is 1. The second-order valence-electron chi connectivity index (χ2n) is 7.99. The number of aromatic nitrogens is 4. The monoisotopic (exact) mass is 390 g/mol. The number of fused-ring (bicyclic) bond motifs is 1. The molecule has 150 valence electrons. The van der Waals surface area contributed by atoms with Crippen LogP contribution in [0.1, 0.15) is 19.4 Å². The number of anilines is 1. The van der Waals surface area contributed by atoms with Crippen LogP contribution < -0.4 is 10.6 Å². The van der Waals surface area contributed by atoms with Gasteiger partial charge in [-0.3, -0.25) is 4.40 Å². The van der Waals surface area contributed by atoms with Crippen LogP contribution in [0.15, 0.2) is 53.4 Å². The van der Waals surface area contributed by atoms with Gasteiger partial charge in [-0.25, -0.2) is 9.97 Å². The van der Waals surface area contributed by atoms with Gasteiger partial charge in [0.2, 0.25) is 5.95 Å². The Labute approximate surface area is 170 Å². The van der Waals surface area contributed by atoms with Gasteiger partial charge in [-0.2, -0.15) is 4.98 Å². The number of aryl methyl sites for hydroxylation is 1. The molecule has 0 amide bonds. The molecule has 3 aromatic heterocycles. The van der Waals surface area contributed by atoms with Crippen LogP contribution in [0.25, 0.3) is 28.5 Å². The molecule has 0 bridgehead atoms.